The second-order valence-corrected chi connectivity index (χ2v) is 7.34. The quantitative estimate of drug-likeness (QED) is 0.342. The number of benzene rings is 1. The Kier molecular flexibility index (Phi) is 7.10. The minimum Gasteiger partial charge on any atom is -0.465 e. The van der Waals surface area contributed by atoms with Gasteiger partial charge >= 0.3 is 5.97 Å². The number of thioether (sulfide) groups is 1. The standard InChI is InChI=1S/C21H20N4O5S/c1-3-24-19(14-7-5-8-15(11-14)25(27)28)16(12-22)21(31-13-18(26)29-4-2)23-20(24)17-9-6-10-30-17/h5-11,19H,3-4,13H2,1-2H3. The van der Waals surface area contributed by atoms with Crippen molar-refractivity contribution >= 4 is 29.3 Å². The van der Waals surface area contributed by atoms with Crippen LogP contribution in [0.5, 0.6) is 0 Å². The van der Waals surface area contributed by atoms with Gasteiger partial charge in [-0.3, -0.25) is 14.9 Å². The van der Waals surface area contributed by atoms with Crippen LogP contribution in [0.2, 0.25) is 0 Å². The lowest BCUT2D eigenvalue weighted by atomic mass is 9.96. The molecule has 0 saturated carbocycles. The molecule has 1 aromatic carbocycles. The maximum absolute atomic E-state index is 11.9. The van der Waals surface area contributed by atoms with E-state index in [-0.39, 0.29) is 18.0 Å². The summed E-state index contributed by atoms with van der Waals surface area (Å²) in [4.78, 5) is 29.2. The summed E-state index contributed by atoms with van der Waals surface area (Å²) in [5, 5.41) is 21.6. The number of nitro benzene ring substituents is 1. The number of esters is 1. The first-order chi connectivity index (χ1) is 15.0. The molecule has 9 nitrogen and oxygen atoms in total. The molecule has 1 aliphatic rings. The molecule has 2 heterocycles. The number of amidine groups is 1. The maximum Gasteiger partial charge on any atom is 0.316 e. The SMILES string of the molecule is CCOC(=O)CSC1=C(C#N)C(c2cccc([N+](=O)[O-])c2)N(CC)C(c2ccco2)=N1. The summed E-state index contributed by atoms with van der Waals surface area (Å²) in [6.07, 6.45) is 1.52. The molecule has 1 aromatic heterocycles. The maximum atomic E-state index is 11.9. The summed E-state index contributed by atoms with van der Waals surface area (Å²) in [7, 11) is 0. The molecule has 2 aromatic rings. The van der Waals surface area contributed by atoms with E-state index in [1.807, 2.05) is 11.8 Å². The third kappa shape index (κ3) is 4.78. The van der Waals surface area contributed by atoms with Gasteiger partial charge in [-0.2, -0.15) is 5.26 Å². The Bertz CT molecular complexity index is 1070. The number of carbonyl (C=O) groups excluding carboxylic acids is 1. The van der Waals surface area contributed by atoms with Gasteiger partial charge in [0.25, 0.3) is 5.69 Å². The van der Waals surface area contributed by atoms with Crippen LogP contribution in [0.3, 0.4) is 0 Å². The Hall–Kier alpha value is -3.58. The number of hydrogen-bond acceptors (Lipinski definition) is 9. The van der Waals surface area contributed by atoms with Crippen molar-refractivity contribution in [2.75, 3.05) is 18.9 Å². The largest absolute Gasteiger partial charge is 0.465 e. The van der Waals surface area contributed by atoms with Crippen molar-refractivity contribution in [1.82, 2.24) is 4.90 Å². The van der Waals surface area contributed by atoms with Crippen molar-refractivity contribution in [2.24, 2.45) is 4.99 Å². The molecule has 1 unspecified atom stereocenters. The molecule has 0 N–H and O–H groups in total. The molecule has 1 atom stereocenters. The lowest BCUT2D eigenvalue weighted by molar-refractivity contribution is -0.384. The third-order valence-corrected chi connectivity index (χ3v) is 5.49. The van der Waals surface area contributed by atoms with E-state index in [0.29, 0.717) is 34.3 Å². The Morgan fingerprint density at radius 2 is 2.19 bits per heavy atom. The molecule has 0 amide bonds. The molecular formula is C21H20N4O5S. The van der Waals surface area contributed by atoms with Crippen molar-refractivity contribution in [1.29, 1.82) is 5.26 Å². The molecule has 0 radical (unpaired) electrons. The average molecular weight is 440 g/mol. The molecule has 0 spiro atoms. The number of furan rings is 1. The van der Waals surface area contributed by atoms with Gasteiger partial charge in [0.15, 0.2) is 11.6 Å². The number of rotatable bonds is 8. The number of nitrogens with zero attached hydrogens (tertiary/aromatic N) is 4. The van der Waals surface area contributed by atoms with Crippen LogP contribution in [0.25, 0.3) is 0 Å². The fourth-order valence-electron chi connectivity index (χ4n) is 3.25. The second kappa shape index (κ2) is 9.95. The zero-order chi connectivity index (χ0) is 22.4. The zero-order valence-corrected chi connectivity index (χ0v) is 17.8. The van der Waals surface area contributed by atoms with Crippen molar-refractivity contribution in [2.45, 2.75) is 19.9 Å². The van der Waals surface area contributed by atoms with Gasteiger partial charge < -0.3 is 14.1 Å². The van der Waals surface area contributed by atoms with Crippen LogP contribution in [0.1, 0.15) is 31.2 Å². The molecule has 160 valence electrons. The third-order valence-electron chi connectivity index (χ3n) is 4.53. The summed E-state index contributed by atoms with van der Waals surface area (Å²) < 4.78 is 10.5. The number of ether oxygens (including phenoxy) is 1. The zero-order valence-electron chi connectivity index (χ0n) is 17.0. The molecule has 0 aliphatic carbocycles. The van der Waals surface area contributed by atoms with E-state index in [1.54, 1.807) is 31.2 Å². The Morgan fingerprint density at radius 3 is 2.81 bits per heavy atom. The first-order valence-electron chi connectivity index (χ1n) is 9.56. The first kappa shape index (κ1) is 22.1. The van der Waals surface area contributed by atoms with E-state index in [2.05, 4.69) is 11.1 Å². The highest BCUT2D eigenvalue weighted by atomic mass is 32.2. The highest BCUT2D eigenvalue weighted by Gasteiger charge is 2.35. The molecule has 3 rings (SSSR count). The molecular weight excluding hydrogens is 420 g/mol. The van der Waals surface area contributed by atoms with Gasteiger partial charge in [-0.05, 0) is 31.5 Å². The van der Waals surface area contributed by atoms with E-state index in [9.17, 15) is 20.2 Å². The van der Waals surface area contributed by atoms with Crippen LogP contribution >= 0.6 is 11.8 Å². The van der Waals surface area contributed by atoms with Crippen molar-refractivity contribution in [3.63, 3.8) is 0 Å². The number of carbonyl (C=O) groups is 1. The van der Waals surface area contributed by atoms with Gasteiger partial charge in [0.2, 0.25) is 0 Å². The van der Waals surface area contributed by atoms with Gasteiger partial charge in [-0.25, -0.2) is 4.99 Å². The van der Waals surface area contributed by atoms with Crippen LogP contribution < -0.4 is 0 Å². The lowest BCUT2D eigenvalue weighted by Crippen LogP contribution is -2.38. The van der Waals surface area contributed by atoms with Gasteiger partial charge in [0, 0.05) is 18.7 Å². The van der Waals surface area contributed by atoms with Crippen LogP contribution in [0.4, 0.5) is 5.69 Å². The summed E-state index contributed by atoms with van der Waals surface area (Å²) in [5.41, 5.74) is 0.793. The van der Waals surface area contributed by atoms with Crippen molar-refractivity contribution < 1.29 is 18.9 Å². The normalized spacial score (nSPS) is 16.0. The number of likely N-dealkylation sites (N-methyl/N-ethyl adjacent to an activating group) is 1. The van der Waals surface area contributed by atoms with E-state index in [1.165, 1.54) is 18.4 Å². The van der Waals surface area contributed by atoms with Gasteiger partial charge in [-0.1, -0.05) is 23.9 Å². The summed E-state index contributed by atoms with van der Waals surface area (Å²) in [6, 6.07) is 11.2. The minimum absolute atomic E-state index is 0.0168. The fourth-order valence-corrected chi connectivity index (χ4v) is 4.06. The van der Waals surface area contributed by atoms with Crippen LogP contribution in [0.15, 0.2) is 62.7 Å². The second-order valence-electron chi connectivity index (χ2n) is 6.38. The van der Waals surface area contributed by atoms with E-state index < -0.39 is 16.9 Å². The lowest BCUT2D eigenvalue weighted by Gasteiger charge is -2.36. The first-order valence-corrected chi connectivity index (χ1v) is 10.5. The van der Waals surface area contributed by atoms with Crippen LogP contribution in [-0.4, -0.2) is 40.5 Å². The average Bonchev–Trinajstić information content (AvgIpc) is 3.31. The Balaban J connectivity index is 2.13. The number of nitriles is 1. The molecule has 1 aliphatic heterocycles. The van der Waals surface area contributed by atoms with E-state index in [0.717, 1.165) is 11.8 Å². The number of aliphatic imine (C=N–C) groups is 1. The highest BCUT2D eigenvalue weighted by molar-refractivity contribution is 8.03. The van der Waals surface area contributed by atoms with E-state index >= 15 is 0 Å². The van der Waals surface area contributed by atoms with Crippen molar-refractivity contribution in [3.05, 3.63) is 74.7 Å². The number of hydrogen-bond donors (Lipinski definition) is 0. The summed E-state index contributed by atoms with van der Waals surface area (Å²) in [6.45, 7) is 4.33. The fraction of sp³-hybridized carbons (Fsp3) is 0.286. The topological polar surface area (TPSA) is 122 Å². The van der Waals surface area contributed by atoms with Gasteiger partial charge in [0.1, 0.15) is 11.1 Å². The minimum atomic E-state index is -0.628. The van der Waals surface area contributed by atoms with Crippen LogP contribution in [-0.2, 0) is 9.53 Å². The monoisotopic (exact) mass is 440 g/mol. The van der Waals surface area contributed by atoms with Gasteiger partial charge in [0.05, 0.1) is 35.2 Å². The molecule has 10 heteroatoms. The smallest absolute Gasteiger partial charge is 0.316 e. The van der Waals surface area contributed by atoms with Crippen LogP contribution in [0, 0.1) is 21.4 Å². The van der Waals surface area contributed by atoms with Gasteiger partial charge in [-0.15, -0.1) is 0 Å². The molecule has 31 heavy (non-hydrogen) atoms. The molecule has 0 fully saturated rings. The molecule has 0 saturated heterocycles. The highest BCUT2D eigenvalue weighted by Crippen LogP contribution is 2.40. The Labute approximate surface area is 183 Å². The Morgan fingerprint density at radius 1 is 1.39 bits per heavy atom. The van der Waals surface area contributed by atoms with E-state index in [4.69, 9.17) is 9.15 Å². The predicted molar refractivity (Wildman–Crippen MR) is 115 cm³/mol. The predicted octanol–water partition coefficient (Wildman–Crippen LogP) is 4.04. The molecule has 0 bridgehead atoms. The summed E-state index contributed by atoms with van der Waals surface area (Å²) >= 11 is 1.09. The number of nitro groups is 1. The summed E-state index contributed by atoms with van der Waals surface area (Å²) in [5.74, 6) is 0.534. The number of non-ortho nitro benzene ring substituents is 1. The van der Waals surface area contributed by atoms with Crippen molar-refractivity contribution in [3.8, 4) is 6.07 Å².